The number of benzene rings is 1. The van der Waals surface area contributed by atoms with Gasteiger partial charge in [0.15, 0.2) is 0 Å². The topological polar surface area (TPSA) is 84.3 Å². The maximum atomic E-state index is 12.0. The van der Waals surface area contributed by atoms with Gasteiger partial charge in [0, 0.05) is 13.6 Å². The molecular weight excluding hydrogens is 246 g/mol. The molecule has 6 heteroatoms. The monoisotopic (exact) mass is 263 g/mol. The van der Waals surface area contributed by atoms with Crippen molar-refractivity contribution in [1.29, 1.82) is 0 Å². The summed E-state index contributed by atoms with van der Waals surface area (Å²) in [4.78, 5) is 22.6. The molecule has 1 saturated carbocycles. The van der Waals surface area contributed by atoms with Crippen molar-refractivity contribution in [2.24, 2.45) is 5.92 Å². The number of nitrogens with one attached hydrogen (secondary N) is 2. The van der Waals surface area contributed by atoms with Gasteiger partial charge in [0.1, 0.15) is 11.3 Å². The molecule has 0 unspecified atom stereocenters. The van der Waals surface area contributed by atoms with Crippen molar-refractivity contribution in [2.45, 2.75) is 19.3 Å². The Morgan fingerprint density at radius 2 is 2.21 bits per heavy atom. The second kappa shape index (κ2) is 5.69. The van der Waals surface area contributed by atoms with Gasteiger partial charge in [-0.3, -0.25) is 14.9 Å². The Hall–Kier alpha value is -2.11. The van der Waals surface area contributed by atoms with Gasteiger partial charge in [-0.05, 0) is 30.9 Å². The summed E-state index contributed by atoms with van der Waals surface area (Å²) in [6.45, 7) is 0.597. The first-order valence-electron chi connectivity index (χ1n) is 6.37. The van der Waals surface area contributed by atoms with Crippen LogP contribution in [0.15, 0.2) is 18.2 Å². The lowest BCUT2D eigenvalue weighted by molar-refractivity contribution is -0.384. The van der Waals surface area contributed by atoms with Gasteiger partial charge in [-0.25, -0.2) is 0 Å². The van der Waals surface area contributed by atoms with E-state index in [4.69, 9.17) is 0 Å². The van der Waals surface area contributed by atoms with Gasteiger partial charge >= 0.3 is 5.69 Å². The second-order valence-electron chi connectivity index (χ2n) is 4.72. The van der Waals surface area contributed by atoms with E-state index in [2.05, 4.69) is 10.6 Å². The number of nitrogens with zero attached hydrogens (tertiary/aromatic N) is 1. The zero-order chi connectivity index (χ0) is 13.8. The molecule has 0 aromatic heterocycles. The Balaban J connectivity index is 2.17. The molecule has 0 radical (unpaired) electrons. The van der Waals surface area contributed by atoms with Crippen molar-refractivity contribution in [2.75, 3.05) is 18.9 Å². The van der Waals surface area contributed by atoms with Crippen LogP contribution in [0.5, 0.6) is 0 Å². The Labute approximate surface area is 111 Å². The number of hydrogen-bond donors (Lipinski definition) is 2. The lowest BCUT2D eigenvalue weighted by Crippen LogP contribution is -2.32. The van der Waals surface area contributed by atoms with E-state index in [1.807, 2.05) is 0 Å². The molecule has 1 fully saturated rings. The van der Waals surface area contributed by atoms with Crippen molar-refractivity contribution in [3.8, 4) is 0 Å². The van der Waals surface area contributed by atoms with Crippen molar-refractivity contribution in [3.05, 3.63) is 33.9 Å². The predicted molar refractivity (Wildman–Crippen MR) is 72.3 cm³/mol. The molecule has 0 heterocycles. The molecule has 0 aliphatic heterocycles. The van der Waals surface area contributed by atoms with Crippen LogP contribution in [0.4, 0.5) is 11.4 Å². The lowest BCUT2D eigenvalue weighted by atomic mass is 9.85. The molecule has 1 aliphatic rings. The molecule has 2 N–H and O–H groups in total. The summed E-state index contributed by atoms with van der Waals surface area (Å²) in [5, 5.41) is 16.6. The van der Waals surface area contributed by atoms with Gasteiger partial charge in [-0.15, -0.1) is 0 Å². The fourth-order valence-electron chi connectivity index (χ4n) is 2.15. The third kappa shape index (κ3) is 2.83. The first kappa shape index (κ1) is 13.3. The van der Waals surface area contributed by atoms with Crippen LogP contribution in [0.2, 0.25) is 0 Å². The molecule has 19 heavy (non-hydrogen) atoms. The number of nitro benzene ring substituents is 1. The van der Waals surface area contributed by atoms with E-state index in [0.717, 1.165) is 12.8 Å². The Morgan fingerprint density at radius 3 is 2.74 bits per heavy atom. The van der Waals surface area contributed by atoms with E-state index in [0.29, 0.717) is 18.2 Å². The largest absolute Gasteiger partial charge is 0.383 e. The fourth-order valence-corrected chi connectivity index (χ4v) is 2.15. The maximum absolute atomic E-state index is 12.0. The Morgan fingerprint density at radius 1 is 1.47 bits per heavy atom. The van der Waals surface area contributed by atoms with Crippen LogP contribution in [-0.2, 0) is 0 Å². The summed E-state index contributed by atoms with van der Waals surface area (Å²) in [6, 6.07) is 4.70. The summed E-state index contributed by atoms with van der Waals surface area (Å²) in [5.41, 5.74) is 0.286. The highest BCUT2D eigenvalue weighted by Crippen LogP contribution is 2.29. The number of para-hydroxylation sites is 1. The van der Waals surface area contributed by atoms with Gasteiger partial charge in [-0.2, -0.15) is 0 Å². The number of amides is 1. The van der Waals surface area contributed by atoms with Crippen LogP contribution in [0, 0.1) is 16.0 Å². The molecule has 102 valence electrons. The predicted octanol–water partition coefficient (Wildman–Crippen LogP) is 2.17. The molecule has 0 spiro atoms. The van der Waals surface area contributed by atoms with Crippen LogP contribution in [-0.4, -0.2) is 24.4 Å². The molecule has 0 saturated heterocycles. The van der Waals surface area contributed by atoms with E-state index in [-0.39, 0.29) is 17.2 Å². The van der Waals surface area contributed by atoms with Gasteiger partial charge in [0.05, 0.1) is 4.92 Å². The average Bonchev–Trinajstić information content (AvgIpc) is 2.35. The standard InChI is InChI=1S/C13H17N3O3/c1-14-11-7-3-6-10(12(11)16(18)19)13(17)15-8-9-4-2-5-9/h3,6-7,9,14H,2,4-5,8H2,1H3,(H,15,17). The maximum Gasteiger partial charge on any atom is 0.305 e. The molecule has 0 atom stereocenters. The second-order valence-corrected chi connectivity index (χ2v) is 4.72. The summed E-state index contributed by atoms with van der Waals surface area (Å²) in [7, 11) is 1.60. The summed E-state index contributed by atoms with van der Waals surface area (Å²) in [6.07, 6.45) is 3.45. The molecule has 1 aliphatic carbocycles. The molecule has 2 rings (SSSR count). The SMILES string of the molecule is CNc1cccc(C(=O)NCC2CCC2)c1[N+](=O)[O-]. The summed E-state index contributed by atoms with van der Waals surface area (Å²) >= 11 is 0. The Kier molecular flexibility index (Phi) is 3.99. The van der Waals surface area contributed by atoms with Crippen LogP contribution in [0.25, 0.3) is 0 Å². The number of carbonyl (C=O) groups excluding carboxylic acids is 1. The van der Waals surface area contributed by atoms with Crippen LogP contribution < -0.4 is 10.6 Å². The van der Waals surface area contributed by atoms with Crippen LogP contribution >= 0.6 is 0 Å². The van der Waals surface area contributed by atoms with Crippen LogP contribution in [0.3, 0.4) is 0 Å². The van der Waals surface area contributed by atoms with E-state index in [9.17, 15) is 14.9 Å². The number of nitro groups is 1. The normalized spacial score (nSPS) is 14.6. The van der Waals surface area contributed by atoms with E-state index in [1.54, 1.807) is 19.2 Å². The molecule has 0 bridgehead atoms. The van der Waals surface area contributed by atoms with Gasteiger partial charge in [0.2, 0.25) is 0 Å². The van der Waals surface area contributed by atoms with E-state index >= 15 is 0 Å². The molecule has 1 aromatic rings. The first-order valence-corrected chi connectivity index (χ1v) is 6.37. The lowest BCUT2D eigenvalue weighted by Gasteiger charge is -2.25. The van der Waals surface area contributed by atoms with E-state index in [1.165, 1.54) is 12.5 Å². The first-order chi connectivity index (χ1) is 9.13. The highest BCUT2D eigenvalue weighted by atomic mass is 16.6. The summed E-state index contributed by atoms with van der Waals surface area (Å²) in [5.74, 6) is 0.145. The number of rotatable bonds is 5. The molecule has 6 nitrogen and oxygen atoms in total. The minimum Gasteiger partial charge on any atom is -0.383 e. The van der Waals surface area contributed by atoms with Crippen LogP contribution in [0.1, 0.15) is 29.6 Å². The number of anilines is 1. The smallest absolute Gasteiger partial charge is 0.305 e. The van der Waals surface area contributed by atoms with Crippen molar-refractivity contribution >= 4 is 17.3 Å². The van der Waals surface area contributed by atoms with Gasteiger partial charge in [-0.1, -0.05) is 12.5 Å². The highest BCUT2D eigenvalue weighted by molar-refractivity contribution is 6.00. The molecular formula is C13H17N3O3. The zero-order valence-electron chi connectivity index (χ0n) is 10.8. The minimum atomic E-state index is -0.524. The van der Waals surface area contributed by atoms with Crippen molar-refractivity contribution in [3.63, 3.8) is 0 Å². The van der Waals surface area contributed by atoms with Gasteiger partial charge in [0.25, 0.3) is 5.91 Å². The average molecular weight is 263 g/mol. The highest BCUT2D eigenvalue weighted by Gasteiger charge is 2.25. The van der Waals surface area contributed by atoms with Crippen molar-refractivity contribution < 1.29 is 9.72 Å². The molecule has 1 amide bonds. The Bertz CT molecular complexity index is 498. The number of hydrogen-bond acceptors (Lipinski definition) is 4. The van der Waals surface area contributed by atoms with E-state index < -0.39 is 4.92 Å². The van der Waals surface area contributed by atoms with Crippen molar-refractivity contribution in [1.82, 2.24) is 5.32 Å². The summed E-state index contributed by atoms with van der Waals surface area (Å²) < 4.78 is 0. The fraction of sp³-hybridized carbons (Fsp3) is 0.462. The number of carbonyl (C=O) groups is 1. The third-order valence-electron chi connectivity index (χ3n) is 3.51. The zero-order valence-corrected chi connectivity index (χ0v) is 10.8. The minimum absolute atomic E-state index is 0.108. The third-order valence-corrected chi connectivity index (χ3v) is 3.51. The quantitative estimate of drug-likeness (QED) is 0.629. The van der Waals surface area contributed by atoms with Gasteiger partial charge < -0.3 is 10.6 Å². The molecule has 1 aromatic carbocycles.